The van der Waals surface area contributed by atoms with E-state index in [2.05, 4.69) is 58.3 Å². The molecule has 0 aliphatic carbocycles. The number of ether oxygens (including phenoxy) is 1. The lowest BCUT2D eigenvalue weighted by Gasteiger charge is -2.19. The molecule has 5 nitrogen and oxygen atoms in total. The maximum atomic E-state index is 12.6. The normalized spacial score (nSPS) is 15.8. The van der Waals surface area contributed by atoms with Gasteiger partial charge in [0.05, 0.1) is 6.61 Å². The van der Waals surface area contributed by atoms with Crippen molar-refractivity contribution in [3.8, 4) is 5.75 Å². The molecule has 1 fully saturated rings. The number of carbonyl (C=O) groups excluding carboxylic acids is 1. The van der Waals surface area contributed by atoms with E-state index in [1.165, 1.54) is 11.3 Å². The number of thiophene rings is 1. The summed E-state index contributed by atoms with van der Waals surface area (Å²) in [5, 5.41) is 11.0. The molecular formula is C26H31N3O2S. The molecule has 2 heterocycles. The molecular weight excluding hydrogens is 418 g/mol. The SMILES string of the molecule is CC(C)COc1ccc(C(=O)Nc2ccc(N3CCC(NCc4ccsc4)C3)cc2)cc1. The van der Waals surface area contributed by atoms with E-state index < -0.39 is 0 Å². The summed E-state index contributed by atoms with van der Waals surface area (Å²) >= 11 is 1.74. The van der Waals surface area contributed by atoms with Gasteiger partial charge in [0, 0.05) is 42.6 Å². The Morgan fingerprint density at radius 3 is 2.59 bits per heavy atom. The van der Waals surface area contributed by atoms with Crippen LogP contribution in [-0.2, 0) is 6.54 Å². The quantitative estimate of drug-likeness (QED) is 0.459. The zero-order chi connectivity index (χ0) is 22.3. The van der Waals surface area contributed by atoms with Gasteiger partial charge in [0.1, 0.15) is 5.75 Å². The van der Waals surface area contributed by atoms with Gasteiger partial charge in [-0.05, 0) is 83.3 Å². The second kappa shape index (κ2) is 10.7. The number of nitrogens with zero attached hydrogens (tertiary/aromatic N) is 1. The minimum atomic E-state index is -0.118. The van der Waals surface area contributed by atoms with Gasteiger partial charge in [-0.15, -0.1) is 0 Å². The third-order valence-electron chi connectivity index (χ3n) is 5.55. The highest BCUT2D eigenvalue weighted by atomic mass is 32.1. The van der Waals surface area contributed by atoms with Crippen LogP contribution in [0.25, 0.3) is 0 Å². The minimum Gasteiger partial charge on any atom is -0.493 e. The second-order valence-corrected chi connectivity index (χ2v) is 9.45. The van der Waals surface area contributed by atoms with Crippen molar-refractivity contribution in [3.63, 3.8) is 0 Å². The summed E-state index contributed by atoms with van der Waals surface area (Å²) in [6, 6.07) is 18.1. The fourth-order valence-electron chi connectivity index (χ4n) is 3.74. The Morgan fingerprint density at radius 2 is 1.91 bits per heavy atom. The molecule has 0 spiro atoms. The van der Waals surface area contributed by atoms with Gasteiger partial charge in [-0.2, -0.15) is 11.3 Å². The number of anilines is 2. The molecule has 1 aliphatic rings. The zero-order valence-corrected chi connectivity index (χ0v) is 19.5. The first-order valence-corrected chi connectivity index (χ1v) is 12.1. The molecule has 6 heteroatoms. The van der Waals surface area contributed by atoms with Gasteiger partial charge >= 0.3 is 0 Å². The highest BCUT2D eigenvalue weighted by Gasteiger charge is 2.22. The highest BCUT2D eigenvalue weighted by Crippen LogP contribution is 2.23. The number of nitrogens with one attached hydrogen (secondary N) is 2. The van der Waals surface area contributed by atoms with E-state index in [-0.39, 0.29) is 5.91 Å². The van der Waals surface area contributed by atoms with Crippen molar-refractivity contribution in [2.75, 3.05) is 29.9 Å². The van der Waals surface area contributed by atoms with Gasteiger partial charge in [-0.25, -0.2) is 0 Å². The van der Waals surface area contributed by atoms with Crippen LogP contribution in [-0.4, -0.2) is 31.6 Å². The summed E-state index contributed by atoms with van der Waals surface area (Å²) in [7, 11) is 0. The maximum Gasteiger partial charge on any atom is 0.255 e. The highest BCUT2D eigenvalue weighted by molar-refractivity contribution is 7.07. The average Bonchev–Trinajstić information content (AvgIpc) is 3.49. The zero-order valence-electron chi connectivity index (χ0n) is 18.7. The monoisotopic (exact) mass is 449 g/mol. The van der Waals surface area contributed by atoms with Crippen LogP contribution >= 0.6 is 11.3 Å². The van der Waals surface area contributed by atoms with Crippen molar-refractivity contribution < 1.29 is 9.53 Å². The molecule has 3 aromatic rings. The molecule has 1 aliphatic heterocycles. The van der Waals surface area contributed by atoms with Crippen LogP contribution in [0, 0.1) is 5.92 Å². The average molecular weight is 450 g/mol. The molecule has 0 radical (unpaired) electrons. The van der Waals surface area contributed by atoms with Gasteiger partial charge in [0.25, 0.3) is 5.91 Å². The molecule has 1 aromatic heterocycles. The molecule has 32 heavy (non-hydrogen) atoms. The fourth-order valence-corrected chi connectivity index (χ4v) is 4.41. The van der Waals surface area contributed by atoms with Crippen LogP contribution in [0.3, 0.4) is 0 Å². The summed E-state index contributed by atoms with van der Waals surface area (Å²) < 4.78 is 5.68. The first kappa shape index (κ1) is 22.4. The predicted octanol–water partition coefficient (Wildman–Crippen LogP) is 5.40. The third kappa shape index (κ3) is 6.11. The maximum absolute atomic E-state index is 12.6. The summed E-state index contributed by atoms with van der Waals surface area (Å²) in [6.45, 7) is 7.86. The van der Waals surface area contributed by atoms with Crippen molar-refractivity contribution >= 4 is 28.6 Å². The van der Waals surface area contributed by atoms with Gasteiger partial charge in [0.15, 0.2) is 0 Å². The number of benzene rings is 2. The van der Waals surface area contributed by atoms with E-state index in [0.717, 1.165) is 37.5 Å². The van der Waals surface area contributed by atoms with Crippen molar-refractivity contribution in [2.24, 2.45) is 5.92 Å². The lowest BCUT2D eigenvalue weighted by Crippen LogP contribution is -2.31. The Labute approximate surface area is 194 Å². The fraction of sp³-hybridized carbons (Fsp3) is 0.346. The number of rotatable bonds is 9. The smallest absolute Gasteiger partial charge is 0.255 e. The lowest BCUT2D eigenvalue weighted by atomic mass is 10.2. The minimum absolute atomic E-state index is 0.118. The lowest BCUT2D eigenvalue weighted by molar-refractivity contribution is 0.102. The number of carbonyl (C=O) groups is 1. The first-order chi connectivity index (χ1) is 15.6. The van der Waals surface area contributed by atoms with Gasteiger partial charge in [-0.1, -0.05) is 13.8 Å². The molecule has 168 valence electrons. The van der Waals surface area contributed by atoms with Crippen molar-refractivity contribution in [1.82, 2.24) is 5.32 Å². The summed E-state index contributed by atoms with van der Waals surface area (Å²) in [4.78, 5) is 15.0. The van der Waals surface area contributed by atoms with Gasteiger partial charge < -0.3 is 20.3 Å². The van der Waals surface area contributed by atoms with Crippen LogP contribution in [0.2, 0.25) is 0 Å². The second-order valence-electron chi connectivity index (χ2n) is 8.67. The Kier molecular flexibility index (Phi) is 7.45. The van der Waals surface area contributed by atoms with Gasteiger partial charge in [0.2, 0.25) is 0 Å². The molecule has 1 unspecified atom stereocenters. The Morgan fingerprint density at radius 1 is 1.12 bits per heavy atom. The van der Waals surface area contributed by atoms with E-state index in [4.69, 9.17) is 4.74 Å². The number of hydrogen-bond acceptors (Lipinski definition) is 5. The Bertz CT molecular complexity index is 985. The largest absolute Gasteiger partial charge is 0.493 e. The first-order valence-electron chi connectivity index (χ1n) is 11.2. The topological polar surface area (TPSA) is 53.6 Å². The summed E-state index contributed by atoms with van der Waals surface area (Å²) in [6.07, 6.45) is 1.14. The molecule has 2 N–H and O–H groups in total. The molecule has 4 rings (SSSR count). The molecule has 2 aromatic carbocycles. The van der Waals surface area contributed by atoms with Crippen molar-refractivity contribution in [3.05, 3.63) is 76.5 Å². The van der Waals surface area contributed by atoms with Crippen LogP contribution in [0.1, 0.15) is 36.2 Å². The molecule has 1 atom stereocenters. The number of amides is 1. The van der Waals surface area contributed by atoms with Crippen LogP contribution in [0.15, 0.2) is 65.4 Å². The van der Waals surface area contributed by atoms with E-state index in [0.29, 0.717) is 24.1 Å². The van der Waals surface area contributed by atoms with E-state index >= 15 is 0 Å². The Balaban J connectivity index is 1.27. The molecule has 1 saturated heterocycles. The third-order valence-corrected chi connectivity index (χ3v) is 6.29. The predicted molar refractivity (Wildman–Crippen MR) is 133 cm³/mol. The van der Waals surface area contributed by atoms with Crippen LogP contribution in [0.5, 0.6) is 5.75 Å². The van der Waals surface area contributed by atoms with E-state index in [1.807, 2.05) is 24.3 Å². The van der Waals surface area contributed by atoms with E-state index in [1.54, 1.807) is 23.5 Å². The number of hydrogen-bond donors (Lipinski definition) is 2. The summed E-state index contributed by atoms with van der Waals surface area (Å²) in [5.41, 5.74) is 3.95. The Hall–Kier alpha value is -2.83. The summed E-state index contributed by atoms with van der Waals surface area (Å²) in [5.74, 6) is 1.13. The standard InChI is InChI=1S/C26H31N3O2S/c1-19(2)17-31-25-9-3-21(4-10-25)26(30)28-22-5-7-24(8-6-22)29-13-11-23(16-29)27-15-20-12-14-32-18-20/h3-10,12,14,18-19,23,27H,11,13,15-17H2,1-2H3,(H,28,30). The van der Waals surface area contributed by atoms with Crippen LogP contribution < -0.4 is 20.3 Å². The van der Waals surface area contributed by atoms with Crippen molar-refractivity contribution in [2.45, 2.75) is 32.9 Å². The van der Waals surface area contributed by atoms with Gasteiger partial charge in [-0.3, -0.25) is 4.79 Å². The van der Waals surface area contributed by atoms with E-state index in [9.17, 15) is 4.79 Å². The van der Waals surface area contributed by atoms with Crippen LogP contribution in [0.4, 0.5) is 11.4 Å². The molecule has 0 bridgehead atoms. The molecule has 0 saturated carbocycles. The molecule has 1 amide bonds. The van der Waals surface area contributed by atoms with Crippen molar-refractivity contribution in [1.29, 1.82) is 0 Å².